The highest BCUT2D eigenvalue weighted by atomic mass is 16.6. The van der Waals surface area contributed by atoms with Crippen molar-refractivity contribution < 1.29 is 14.3 Å². The first kappa shape index (κ1) is 17.1. The Labute approximate surface area is 137 Å². The molecule has 6 nitrogen and oxygen atoms in total. The number of piperidine rings is 1. The van der Waals surface area contributed by atoms with Crippen molar-refractivity contribution in [3.63, 3.8) is 0 Å². The van der Waals surface area contributed by atoms with Crippen molar-refractivity contribution in [3.8, 4) is 11.8 Å². The minimum atomic E-state index is -0.477. The number of carbonyl (C=O) groups is 1. The lowest BCUT2D eigenvalue weighted by Gasteiger charge is -2.34. The molecule has 0 radical (unpaired) electrons. The van der Waals surface area contributed by atoms with Crippen LogP contribution in [0.5, 0.6) is 5.75 Å². The van der Waals surface area contributed by atoms with Crippen LogP contribution in [-0.2, 0) is 4.74 Å². The molecule has 0 aromatic carbocycles. The van der Waals surface area contributed by atoms with Crippen LogP contribution in [0.2, 0.25) is 0 Å². The van der Waals surface area contributed by atoms with Crippen molar-refractivity contribution in [2.45, 2.75) is 39.2 Å². The Kier molecular flexibility index (Phi) is 5.43. The third-order valence-electron chi connectivity index (χ3n) is 3.51. The largest absolute Gasteiger partial charge is 0.492 e. The molecule has 124 valence electrons. The number of likely N-dealkylation sites (tertiary alicyclic amines) is 1. The SMILES string of the molecule is CC(C)(C)OC(=O)N1CCC[C@@H](COc2ccc(C#N)nc2)C1. The number of ether oxygens (including phenoxy) is 2. The van der Waals surface area contributed by atoms with Crippen molar-refractivity contribution in [1.82, 2.24) is 9.88 Å². The molecule has 0 bridgehead atoms. The second kappa shape index (κ2) is 7.32. The zero-order valence-electron chi connectivity index (χ0n) is 13.9. The number of nitriles is 1. The second-order valence-electron chi connectivity index (χ2n) is 6.74. The first-order valence-electron chi connectivity index (χ1n) is 7.84. The fourth-order valence-corrected chi connectivity index (χ4v) is 2.44. The van der Waals surface area contributed by atoms with Gasteiger partial charge in [-0.25, -0.2) is 9.78 Å². The van der Waals surface area contributed by atoms with Crippen LogP contribution in [0.25, 0.3) is 0 Å². The first-order chi connectivity index (χ1) is 10.9. The van der Waals surface area contributed by atoms with E-state index >= 15 is 0 Å². The molecule has 23 heavy (non-hydrogen) atoms. The van der Waals surface area contributed by atoms with Gasteiger partial charge in [-0.2, -0.15) is 5.26 Å². The van der Waals surface area contributed by atoms with E-state index in [1.807, 2.05) is 26.8 Å². The molecule has 1 amide bonds. The van der Waals surface area contributed by atoms with Gasteiger partial charge in [-0.05, 0) is 45.7 Å². The molecule has 6 heteroatoms. The maximum Gasteiger partial charge on any atom is 0.410 e. The van der Waals surface area contributed by atoms with E-state index in [1.165, 1.54) is 0 Å². The summed E-state index contributed by atoms with van der Waals surface area (Å²) < 4.78 is 11.1. The number of nitrogens with zero attached hydrogens (tertiary/aromatic N) is 3. The van der Waals surface area contributed by atoms with E-state index in [1.54, 1.807) is 23.2 Å². The summed E-state index contributed by atoms with van der Waals surface area (Å²) in [4.78, 5) is 17.8. The number of amides is 1. The third-order valence-corrected chi connectivity index (χ3v) is 3.51. The molecule has 1 fully saturated rings. The summed E-state index contributed by atoms with van der Waals surface area (Å²) in [5.41, 5.74) is -0.111. The molecule has 1 aromatic rings. The van der Waals surface area contributed by atoms with Gasteiger partial charge in [0.25, 0.3) is 0 Å². The molecule has 0 N–H and O–H groups in total. The van der Waals surface area contributed by atoms with Gasteiger partial charge < -0.3 is 14.4 Å². The van der Waals surface area contributed by atoms with Crippen LogP contribution in [-0.4, -0.2) is 41.3 Å². The number of carbonyl (C=O) groups excluding carboxylic acids is 1. The average Bonchev–Trinajstić information content (AvgIpc) is 2.52. The van der Waals surface area contributed by atoms with Crippen molar-refractivity contribution in [2.24, 2.45) is 5.92 Å². The maximum atomic E-state index is 12.1. The van der Waals surface area contributed by atoms with E-state index in [4.69, 9.17) is 14.7 Å². The Bertz CT molecular complexity index is 572. The molecule has 2 rings (SSSR count). The fourth-order valence-electron chi connectivity index (χ4n) is 2.44. The molecular weight excluding hydrogens is 294 g/mol. The summed E-state index contributed by atoms with van der Waals surface area (Å²) >= 11 is 0. The van der Waals surface area contributed by atoms with E-state index < -0.39 is 5.60 Å². The lowest BCUT2D eigenvalue weighted by atomic mass is 9.99. The van der Waals surface area contributed by atoms with Gasteiger partial charge >= 0.3 is 6.09 Å². The van der Waals surface area contributed by atoms with Gasteiger partial charge in [0, 0.05) is 19.0 Å². The number of rotatable bonds is 3. The quantitative estimate of drug-likeness (QED) is 0.856. The summed E-state index contributed by atoms with van der Waals surface area (Å²) in [6, 6.07) is 5.34. The minimum absolute atomic E-state index is 0.262. The second-order valence-corrected chi connectivity index (χ2v) is 6.74. The molecule has 0 aliphatic carbocycles. The van der Waals surface area contributed by atoms with Crippen LogP contribution in [0.1, 0.15) is 39.3 Å². The number of hydrogen-bond donors (Lipinski definition) is 0. The van der Waals surface area contributed by atoms with Gasteiger partial charge in [0.05, 0.1) is 12.8 Å². The Morgan fingerprint density at radius 2 is 2.26 bits per heavy atom. The molecule has 0 unspecified atom stereocenters. The summed E-state index contributed by atoms with van der Waals surface area (Å²) in [6.45, 7) is 7.49. The Morgan fingerprint density at radius 3 is 2.87 bits per heavy atom. The predicted octanol–water partition coefficient (Wildman–Crippen LogP) is 2.98. The van der Waals surface area contributed by atoms with E-state index in [9.17, 15) is 4.79 Å². The van der Waals surface area contributed by atoms with Crippen molar-refractivity contribution in [3.05, 3.63) is 24.0 Å². The third kappa shape index (κ3) is 5.44. The lowest BCUT2D eigenvalue weighted by molar-refractivity contribution is 0.0139. The van der Waals surface area contributed by atoms with E-state index in [0.717, 1.165) is 19.4 Å². The van der Waals surface area contributed by atoms with Crippen molar-refractivity contribution in [1.29, 1.82) is 5.26 Å². The zero-order valence-corrected chi connectivity index (χ0v) is 13.9. The highest BCUT2D eigenvalue weighted by molar-refractivity contribution is 5.68. The number of hydrogen-bond acceptors (Lipinski definition) is 5. The first-order valence-corrected chi connectivity index (χ1v) is 7.84. The molecule has 1 aromatic heterocycles. The normalized spacial score (nSPS) is 18.2. The van der Waals surface area contributed by atoms with Gasteiger partial charge in [0.1, 0.15) is 23.1 Å². The topological polar surface area (TPSA) is 75.4 Å². The summed E-state index contributed by atoms with van der Waals surface area (Å²) in [5.74, 6) is 0.908. The van der Waals surface area contributed by atoms with Crippen LogP contribution in [0.15, 0.2) is 18.3 Å². The van der Waals surface area contributed by atoms with Crippen LogP contribution in [0.4, 0.5) is 4.79 Å². The molecule has 0 saturated carbocycles. The zero-order chi connectivity index (χ0) is 16.9. The maximum absolute atomic E-state index is 12.1. The minimum Gasteiger partial charge on any atom is -0.492 e. The summed E-state index contributed by atoms with van der Waals surface area (Å²) in [6.07, 6.45) is 3.25. The van der Waals surface area contributed by atoms with Crippen LogP contribution >= 0.6 is 0 Å². The van der Waals surface area contributed by atoms with Gasteiger partial charge in [-0.15, -0.1) is 0 Å². The van der Waals surface area contributed by atoms with Gasteiger partial charge in [-0.1, -0.05) is 0 Å². The summed E-state index contributed by atoms with van der Waals surface area (Å²) in [5, 5.41) is 8.72. The molecule has 1 atom stereocenters. The van der Waals surface area contributed by atoms with Crippen LogP contribution < -0.4 is 4.74 Å². The molecule has 1 saturated heterocycles. The van der Waals surface area contributed by atoms with Gasteiger partial charge in [0.2, 0.25) is 0 Å². The number of aromatic nitrogens is 1. The van der Waals surface area contributed by atoms with E-state index in [2.05, 4.69) is 4.98 Å². The van der Waals surface area contributed by atoms with Gasteiger partial charge in [0.15, 0.2) is 0 Å². The van der Waals surface area contributed by atoms with Crippen LogP contribution in [0.3, 0.4) is 0 Å². The van der Waals surface area contributed by atoms with E-state index in [-0.39, 0.29) is 12.0 Å². The fraction of sp³-hybridized carbons (Fsp3) is 0.588. The smallest absolute Gasteiger partial charge is 0.410 e. The Balaban J connectivity index is 1.84. The molecule has 1 aliphatic heterocycles. The molecule has 0 spiro atoms. The van der Waals surface area contributed by atoms with Gasteiger partial charge in [-0.3, -0.25) is 0 Å². The Morgan fingerprint density at radius 1 is 1.48 bits per heavy atom. The lowest BCUT2D eigenvalue weighted by Crippen LogP contribution is -2.44. The Hall–Kier alpha value is -2.29. The molecule has 2 heterocycles. The molecule has 1 aliphatic rings. The van der Waals surface area contributed by atoms with Crippen LogP contribution in [0, 0.1) is 17.2 Å². The van der Waals surface area contributed by atoms with Crippen molar-refractivity contribution in [2.75, 3.05) is 19.7 Å². The number of pyridine rings is 1. The molecular formula is C17H23N3O3. The van der Waals surface area contributed by atoms with Crippen molar-refractivity contribution >= 4 is 6.09 Å². The predicted molar refractivity (Wildman–Crippen MR) is 85.0 cm³/mol. The summed E-state index contributed by atoms with van der Waals surface area (Å²) in [7, 11) is 0. The monoisotopic (exact) mass is 317 g/mol. The van der Waals surface area contributed by atoms with E-state index in [0.29, 0.717) is 24.6 Å². The highest BCUT2D eigenvalue weighted by Gasteiger charge is 2.27. The standard InChI is InChI=1S/C17H23N3O3/c1-17(2,3)23-16(21)20-8-4-5-13(11-20)12-22-15-7-6-14(9-18)19-10-15/h6-7,10,13H,4-5,8,11-12H2,1-3H3/t13-/m1/s1. The highest BCUT2D eigenvalue weighted by Crippen LogP contribution is 2.20. The average molecular weight is 317 g/mol.